The molecule has 0 saturated carbocycles. The van der Waals surface area contributed by atoms with Gasteiger partial charge in [-0.05, 0) is 18.6 Å². The van der Waals surface area contributed by atoms with Crippen molar-refractivity contribution in [1.29, 1.82) is 0 Å². The van der Waals surface area contributed by atoms with Crippen molar-refractivity contribution in [3.8, 4) is 0 Å². The standard InChI is InChI=1S/C21H19NO8/c1-11(23)28-21(18(26)29-20(2,3)30-19(21)27)12-8-9-13(10-12)22-16(24)14-6-4-5-7-15(14)17(22)25/h4-9,12-13H,10H2,1-3H3/t12-,13+/m1/s1. The summed E-state index contributed by atoms with van der Waals surface area (Å²) in [4.78, 5) is 64.0. The van der Waals surface area contributed by atoms with Crippen LogP contribution >= 0.6 is 0 Å². The van der Waals surface area contributed by atoms with Gasteiger partial charge in [0.2, 0.25) is 0 Å². The van der Waals surface area contributed by atoms with Crippen LogP contribution in [0.4, 0.5) is 0 Å². The van der Waals surface area contributed by atoms with Crippen LogP contribution < -0.4 is 0 Å². The van der Waals surface area contributed by atoms with Gasteiger partial charge in [-0.2, -0.15) is 0 Å². The number of fused-ring (bicyclic) bond motifs is 1. The second-order valence-electron chi connectivity index (χ2n) is 7.83. The lowest BCUT2D eigenvalue weighted by Crippen LogP contribution is -2.64. The number of cyclic esters (lactones) is 2. The third kappa shape index (κ3) is 2.80. The van der Waals surface area contributed by atoms with E-state index in [1.54, 1.807) is 24.3 Å². The molecule has 1 fully saturated rings. The zero-order valence-electron chi connectivity index (χ0n) is 16.5. The summed E-state index contributed by atoms with van der Waals surface area (Å²) in [5.41, 5.74) is -1.77. The highest BCUT2D eigenvalue weighted by Crippen LogP contribution is 2.41. The average Bonchev–Trinajstić information content (AvgIpc) is 3.22. The van der Waals surface area contributed by atoms with Gasteiger partial charge >= 0.3 is 23.5 Å². The van der Waals surface area contributed by atoms with Gasteiger partial charge in [0.05, 0.1) is 17.2 Å². The summed E-state index contributed by atoms with van der Waals surface area (Å²) in [6.07, 6.45) is 3.00. The second-order valence-corrected chi connectivity index (χ2v) is 7.83. The molecule has 0 spiro atoms. The van der Waals surface area contributed by atoms with Gasteiger partial charge in [-0.25, -0.2) is 9.59 Å². The maximum Gasteiger partial charge on any atom is 0.366 e. The van der Waals surface area contributed by atoms with Crippen LogP contribution in [0.5, 0.6) is 0 Å². The highest BCUT2D eigenvalue weighted by Gasteiger charge is 2.64. The Balaban J connectivity index is 1.64. The predicted octanol–water partition coefficient (Wildman–Crippen LogP) is 1.37. The number of rotatable bonds is 3. The van der Waals surface area contributed by atoms with E-state index in [4.69, 9.17) is 14.2 Å². The minimum atomic E-state index is -2.34. The average molecular weight is 413 g/mol. The van der Waals surface area contributed by atoms with Gasteiger partial charge in [-0.3, -0.25) is 19.3 Å². The molecule has 3 aliphatic rings. The minimum Gasteiger partial charge on any atom is -0.434 e. The number of carbonyl (C=O) groups excluding carboxylic acids is 5. The van der Waals surface area contributed by atoms with E-state index in [1.807, 2.05) is 0 Å². The first-order valence-corrected chi connectivity index (χ1v) is 9.38. The molecule has 1 aromatic rings. The maximum absolute atomic E-state index is 12.8. The highest BCUT2D eigenvalue weighted by molar-refractivity contribution is 6.21. The number of esters is 3. The Kier molecular flexibility index (Phi) is 4.30. The van der Waals surface area contributed by atoms with Gasteiger partial charge in [0.25, 0.3) is 17.6 Å². The molecule has 0 bridgehead atoms. The molecule has 9 nitrogen and oxygen atoms in total. The smallest absolute Gasteiger partial charge is 0.366 e. The lowest BCUT2D eigenvalue weighted by molar-refractivity contribution is -0.267. The van der Waals surface area contributed by atoms with Crippen molar-refractivity contribution in [1.82, 2.24) is 4.90 Å². The van der Waals surface area contributed by atoms with E-state index < -0.39 is 53.1 Å². The maximum atomic E-state index is 12.8. The molecular formula is C21H19NO8. The molecule has 2 atom stereocenters. The fourth-order valence-electron chi connectivity index (χ4n) is 4.07. The zero-order chi connectivity index (χ0) is 21.8. The molecule has 1 aromatic carbocycles. The van der Waals surface area contributed by atoms with Gasteiger partial charge in [0.15, 0.2) is 0 Å². The molecule has 0 aromatic heterocycles. The van der Waals surface area contributed by atoms with Crippen LogP contribution in [0.15, 0.2) is 36.4 Å². The van der Waals surface area contributed by atoms with Crippen LogP contribution in [-0.2, 0) is 28.6 Å². The van der Waals surface area contributed by atoms with E-state index in [-0.39, 0.29) is 17.5 Å². The fraction of sp³-hybridized carbons (Fsp3) is 0.381. The highest BCUT2D eigenvalue weighted by atomic mass is 16.8. The fourth-order valence-corrected chi connectivity index (χ4v) is 4.07. The lowest BCUT2D eigenvalue weighted by Gasteiger charge is -2.41. The Morgan fingerprint density at radius 1 is 1.00 bits per heavy atom. The van der Waals surface area contributed by atoms with E-state index in [2.05, 4.69) is 0 Å². The number of benzene rings is 1. The first-order chi connectivity index (χ1) is 14.1. The van der Waals surface area contributed by atoms with E-state index in [9.17, 15) is 24.0 Å². The quantitative estimate of drug-likeness (QED) is 0.316. The topological polar surface area (TPSA) is 116 Å². The molecule has 30 heavy (non-hydrogen) atoms. The monoisotopic (exact) mass is 413 g/mol. The molecule has 2 aliphatic heterocycles. The van der Waals surface area contributed by atoms with Crippen LogP contribution in [0.25, 0.3) is 0 Å². The molecule has 0 N–H and O–H groups in total. The van der Waals surface area contributed by atoms with Crippen LogP contribution in [0, 0.1) is 5.92 Å². The summed E-state index contributed by atoms with van der Waals surface area (Å²) in [6, 6.07) is 5.71. The van der Waals surface area contributed by atoms with E-state index in [1.165, 1.54) is 26.0 Å². The second kappa shape index (κ2) is 6.51. The Bertz CT molecular complexity index is 969. The van der Waals surface area contributed by atoms with Gasteiger partial charge in [0, 0.05) is 26.7 Å². The lowest BCUT2D eigenvalue weighted by atomic mass is 9.84. The number of ether oxygens (including phenoxy) is 3. The van der Waals surface area contributed by atoms with Crippen LogP contribution in [0.1, 0.15) is 47.9 Å². The number of imide groups is 1. The van der Waals surface area contributed by atoms with Crippen molar-refractivity contribution in [3.63, 3.8) is 0 Å². The molecule has 0 radical (unpaired) electrons. The molecule has 156 valence electrons. The summed E-state index contributed by atoms with van der Waals surface area (Å²) in [5.74, 6) is -6.42. The third-order valence-corrected chi connectivity index (χ3v) is 5.33. The molecular weight excluding hydrogens is 394 g/mol. The summed E-state index contributed by atoms with van der Waals surface area (Å²) in [6.45, 7) is 3.82. The van der Waals surface area contributed by atoms with E-state index in [0.29, 0.717) is 0 Å². The molecule has 1 saturated heterocycles. The molecule has 0 unspecified atom stereocenters. The van der Waals surface area contributed by atoms with Crippen molar-refractivity contribution in [3.05, 3.63) is 47.5 Å². The van der Waals surface area contributed by atoms with Crippen molar-refractivity contribution < 1.29 is 38.2 Å². The van der Waals surface area contributed by atoms with Crippen molar-refractivity contribution in [2.24, 2.45) is 5.92 Å². The number of amides is 2. The van der Waals surface area contributed by atoms with Crippen molar-refractivity contribution in [2.75, 3.05) is 0 Å². The summed E-state index contributed by atoms with van der Waals surface area (Å²) in [5, 5.41) is 0. The number of carbonyl (C=O) groups is 5. The van der Waals surface area contributed by atoms with Crippen LogP contribution in [-0.4, -0.2) is 52.1 Å². The number of hydrogen-bond acceptors (Lipinski definition) is 8. The van der Waals surface area contributed by atoms with Gasteiger partial charge in [-0.1, -0.05) is 24.3 Å². The van der Waals surface area contributed by atoms with Crippen LogP contribution in [0.3, 0.4) is 0 Å². The largest absolute Gasteiger partial charge is 0.434 e. The van der Waals surface area contributed by atoms with E-state index in [0.717, 1.165) is 11.8 Å². The Morgan fingerprint density at radius 3 is 2.03 bits per heavy atom. The van der Waals surface area contributed by atoms with E-state index >= 15 is 0 Å². The van der Waals surface area contributed by atoms with Crippen molar-refractivity contribution in [2.45, 2.75) is 44.6 Å². The molecule has 2 heterocycles. The van der Waals surface area contributed by atoms with Crippen molar-refractivity contribution >= 4 is 29.7 Å². The Labute approximate surface area is 171 Å². The zero-order valence-corrected chi connectivity index (χ0v) is 16.5. The summed E-state index contributed by atoms with van der Waals surface area (Å²) < 4.78 is 15.6. The summed E-state index contributed by atoms with van der Waals surface area (Å²) >= 11 is 0. The van der Waals surface area contributed by atoms with Gasteiger partial charge in [-0.15, -0.1) is 0 Å². The summed E-state index contributed by atoms with van der Waals surface area (Å²) in [7, 11) is 0. The van der Waals surface area contributed by atoms with Crippen LogP contribution in [0.2, 0.25) is 0 Å². The normalized spacial score (nSPS) is 26.3. The molecule has 2 amide bonds. The first kappa shape index (κ1) is 19.8. The molecule has 1 aliphatic carbocycles. The third-order valence-electron chi connectivity index (χ3n) is 5.33. The molecule has 9 heteroatoms. The Hall–Kier alpha value is -3.49. The number of hydrogen-bond donors (Lipinski definition) is 0. The minimum absolute atomic E-state index is 0.0105. The Morgan fingerprint density at radius 2 is 1.53 bits per heavy atom. The number of nitrogens with zero attached hydrogens (tertiary/aromatic N) is 1. The first-order valence-electron chi connectivity index (χ1n) is 9.38. The predicted molar refractivity (Wildman–Crippen MR) is 98.7 cm³/mol. The van der Waals surface area contributed by atoms with Gasteiger partial charge < -0.3 is 14.2 Å². The molecule has 4 rings (SSSR count). The van der Waals surface area contributed by atoms with Gasteiger partial charge in [0.1, 0.15) is 0 Å². The SMILES string of the molecule is CC(=O)OC1([C@@H]2C=C[C@H](N3C(=O)c4ccccc4C3=O)C2)C(=O)OC(C)(C)OC1=O.